The molecule has 1 heterocycles. The lowest BCUT2D eigenvalue weighted by atomic mass is 9.63. The molecule has 1 spiro atoms. The van der Waals surface area contributed by atoms with Gasteiger partial charge in [-0.3, -0.25) is 4.79 Å². The van der Waals surface area contributed by atoms with Crippen LogP contribution < -0.4 is 4.90 Å². The fourth-order valence-corrected chi connectivity index (χ4v) is 5.01. The minimum absolute atomic E-state index is 0.0346. The molecule has 2 fully saturated rings. The van der Waals surface area contributed by atoms with Crippen LogP contribution in [0, 0.1) is 16.7 Å². The number of anilines is 1. The molecular formula is C24H32N4O. The molecule has 0 radical (unpaired) electrons. The number of rotatable bonds is 5. The van der Waals surface area contributed by atoms with Gasteiger partial charge in [-0.1, -0.05) is 12.5 Å². The minimum atomic E-state index is -0.0346. The Morgan fingerprint density at radius 1 is 1.10 bits per heavy atom. The summed E-state index contributed by atoms with van der Waals surface area (Å²) < 4.78 is 0. The Balaban J connectivity index is 1.65. The van der Waals surface area contributed by atoms with E-state index in [-0.39, 0.29) is 5.78 Å². The van der Waals surface area contributed by atoms with Crippen LogP contribution in [0.5, 0.6) is 0 Å². The quantitative estimate of drug-likeness (QED) is 0.769. The maximum Gasteiger partial charge on any atom is 0.179 e. The van der Waals surface area contributed by atoms with Crippen molar-refractivity contribution in [2.45, 2.75) is 38.5 Å². The number of piperidine rings is 1. The molecule has 3 aliphatic rings. The molecule has 1 aromatic rings. The lowest BCUT2D eigenvalue weighted by molar-refractivity contribution is -0.114. The van der Waals surface area contributed by atoms with Gasteiger partial charge < -0.3 is 14.7 Å². The second-order valence-corrected chi connectivity index (χ2v) is 9.34. The van der Waals surface area contributed by atoms with Gasteiger partial charge in [0, 0.05) is 50.9 Å². The molecule has 1 saturated heterocycles. The zero-order chi connectivity index (χ0) is 20.6. The van der Waals surface area contributed by atoms with Crippen LogP contribution in [-0.4, -0.2) is 62.9 Å². The molecule has 2 aliphatic carbocycles. The van der Waals surface area contributed by atoms with Crippen LogP contribution in [0.1, 0.15) is 43.2 Å². The fraction of sp³-hybridized carbons (Fsp3) is 0.583. The van der Waals surface area contributed by atoms with Crippen molar-refractivity contribution in [1.29, 1.82) is 5.26 Å². The van der Waals surface area contributed by atoms with Crippen molar-refractivity contribution in [2.75, 3.05) is 52.2 Å². The fourth-order valence-electron chi connectivity index (χ4n) is 5.01. The van der Waals surface area contributed by atoms with Crippen LogP contribution in [-0.2, 0) is 11.2 Å². The summed E-state index contributed by atoms with van der Waals surface area (Å²) in [4.78, 5) is 19.5. The van der Waals surface area contributed by atoms with Gasteiger partial charge in [0.2, 0.25) is 0 Å². The summed E-state index contributed by atoms with van der Waals surface area (Å²) >= 11 is 0. The number of likely N-dealkylation sites (tertiary alicyclic amines) is 1. The van der Waals surface area contributed by atoms with E-state index < -0.39 is 0 Å². The number of fused-ring (bicyclic) bond motifs is 1. The number of likely N-dealkylation sites (N-methyl/N-ethyl adjacent to an activating group) is 2. The predicted octanol–water partition coefficient (Wildman–Crippen LogP) is 3.31. The molecule has 1 aliphatic heterocycles. The highest BCUT2D eigenvalue weighted by Crippen LogP contribution is 2.50. The van der Waals surface area contributed by atoms with Gasteiger partial charge in [0.1, 0.15) is 11.6 Å². The molecule has 0 amide bonds. The molecule has 4 rings (SSSR count). The molecule has 5 heteroatoms. The SMILES string of the molecule is CN(C)CCN(C)c1ccc2c(c1)C(N1CCC3(CCC3)CC1)=C(C#N)C(=O)C2. The number of nitriles is 1. The first-order valence-corrected chi connectivity index (χ1v) is 10.8. The van der Waals surface area contributed by atoms with E-state index in [0.29, 0.717) is 17.4 Å². The molecular weight excluding hydrogens is 360 g/mol. The summed E-state index contributed by atoms with van der Waals surface area (Å²) in [5.41, 5.74) is 5.06. The first-order chi connectivity index (χ1) is 13.9. The van der Waals surface area contributed by atoms with Crippen molar-refractivity contribution in [1.82, 2.24) is 9.80 Å². The largest absolute Gasteiger partial charge is 0.373 e. The lowest BCUT2D eigenvalue weighted by Crippen LogP contribution is -2.43. The van der Waals surface area contributed by atoms with Gasteiger partial charge in [0.05, 0.1) is 5.70 Å². The molecule has 0 aromatic heterocycles. The third kappa shape index (κ3) is 3.79. The molecule has 5 nitrogen and oxygen atoms in total. The number of hydrogen-bond donors (Lipinski definition) is 0. The number of carbonyl (C=O) groups is 1. The first kappa shape index (κ1) is 20.0. The molecule has 1 aromatic carbocycles. The summed E-state index contributed by atoms with van der Waals surface area (Å²) in [6.07, 6.45) is 6.75. The third-order valence-corrected chi connectivity index (χ3v) is 7.20. The number of allylic oxidation sites excluding steroid dienone is 1. The van der Waals surface area contributed by atoms with E-state index in [1.54, 1.807) is 0 Å². The van der Waals surface area contributed by atoms with E-state index in [1.165, 1.54) is 32.1 Å². The van der Waals surface area contributed by atoms with E-state index in [0.717, 1.165) is 48.7 Å². The summed E-state index contributed by atoms with van der Waals surface area (Å²) in [7, 11) is 6.27. The second-order valence-electron chi connectivity index (χ2n) is 9.34. The minimum Gasteiger partial charge on any atom is -0.373 e. The Morgan fingerprint density at radius 3 is 2.41 bits per heavy atom. The summed E-state index contributed by atoms with van der Waals surface area (Å²) in [5.74, 6) is -0.0346. The summed E-state index contributed by atoms with van der Waals surface area (Å²) in [6, 6.07) is 8.63. The van der Waals surface area contributed by atoms with Crippen molar-refractivity contribution < 1.29 is 4.79 Å². The first-order valence-electron chi connectivity index (χ1n) is 10.8. The average Bonchev–Trinajstić information content (AvgIpc) is 2.69. The van der Waals surface area contributed by atoms with Crippen LogP contribution in [0.25, 0.3) is 5.70 Å². The second kappa shape index (κ2) is 7.84. The highest BCUT2D eigenvalue weighted by molar-refractivity contribution is 6.10. The van der Waals surface area contributed by atoms with Crippen molar-refractivity contribution in [3.63, 3.8) is 0 Å². The van der Waals surface area contributed by atoms with E-state index >= 15 is 0 Å². The highest BCUT2D eigenvalue weighted by Gasteiger charge is 2.41. The molecule has 0 N–H and O–H groups in total. The summed E-state index contributed by atoms with van der Waals surface area (Å²) in [5, 5.41) is 9.80. The van der Waals surface area contributed by atoms with E-state index in [4.69, 9.17) is 0 Å². The Labute approximate surface area is 174 Å². The molecule has 154 valence electrons. The van der Waals surface area contributed by atoms with Gasteiger partial charge in [-0.2, -0.15) is 5.26 Å². The number of ketones is 1. The van der Waals surface area contributed by atoms with Gasteiger partial charge in [-0.15, -0.1) is 0 Å². The molecule has 0 bridgehead atoms. The van der Waals surface area contributed by atoms with Crippen molar-refractivity contribution in [2.24, 2.45) is 5.41 Å². The Morgan fingerprint density at radius 2 is 1.83 bits per heavy atom. The molecule has 0 atom stereocenters. The van der Waals surface area contributed by atoms with Gasteiger partial charge in [0.25, 0.3) is 0 Å². The Bertz CT molecular complexity index is 865. The van der Waals surface area contributed by atoms with Gasteiger partial charge >= 0.3 is 0 Å². The number of nitrogens with zero attached hydrogens (tertiary/aromatic N) is 4. The standard InChI is InChI=1S/C24H32N4O/c1-26(2)13-14-27(3)19-6-5-18-15-22(29)21(17-25)23(20(18)16-19)28-11-9-24(10-12-28)7-4-8-24/h5-6,16H,4,7-15H2,1-3H3. The number of benzene rings is 1. The van der Waals surface area contributed by atoms with Gasteiger partial charge in [0.15, 0.2) is 5.78 Å². The van der Waals surface area contributed by atoms with Crippen molar-refractivity contribution in [3.05, 3.63) is 34.9 Å². The van der Waals surface area contributed by atoms with Gasteiger partial charge in [-0.25, -0.2) is 0 Å². The van der Waals surface area contributed by atoms with E-state index in [1.807, 2.05) is 0 Å². The van der Waals surface area contributed by atoms with Crippen molar-refractivity contribution >= 4 is 17.2 Å². The van der Waals surface area contributed by atoms with Crippen LogP contribution in [0.3, 0.4) is 0 Å². The predicted molar refractivity (Wildman–Crippen MR) is 117 cm³/mol. The maximum absolute atomic E-state index is 12.7. The van der Waals surface area contributed by atoms with Crippen LogP contribution in [0.15, 0.2) is 23.8 Å². The van der Waals surface area contributed by atoms with Crippen LogP contribution in [0.4, 0.5) is 5.69 Å². The normalized spacial score (nSPS) is 20.5. The third-order valence-electron chi connectivity index (χ3n) is 7.20. The highest BCUT2D eigenvalue weighted by atomic mass is 16.1. The zero-order valence-corrected chi connectivity index (χ0v) is 18.0. The average molecular weight is 393 g/mol. The lowest BCUT2D eigenvalue weighted by Gasteiger charge is -2.49. The van der Waals surface area contributed by atoms with Crippen molar-refractivity contribution in [3.8, 4) is 6.07 Å². The Kier molecular flexibility index (Phi) is 5.40. The summed E-state index contributed by atoms with van der Waals surface area (Å²) in [6.45, 7) is 3.81. The topological polar surface area (TPSA) is 50.6 Å². The number of carbonyl (C=O) groups excluding carboxylic acids is 1. The zero-order valence-electron chi connectivity index (χ0n) is 18.0. The Hall–Kier alpha value is -2.32. The van der Waals surface area contributed by atoms with Gasteiger partial charge in [-0.05, 0) is 62.9 Å². The van der Waals surface area contributed by atoms with Crippen LogP contribution in [0.2, 0.25) is 0 Å². The van der Waals surface area contributed by atoms with E-state index in [9.17, 15) is 10.1 Å². The number of hydrogen-bond acceptors (Lipinski definition) is 5. The monoisotopic (exact) mass is 392 g/mol. The van der Waals surface area contributed by atoms with E-state index in [2.05, 4.69) is 60.1 Å². The maximum atomic E-state index is 12.7. The molecule has 29 heavy (non-hydrogen) atoms. The molecule has 1 saturated carbocycles. The number of Topliss-reactive ketones (excluding diaryl/α,β-unsaturated/α-hetero) is 1. The molecule has 0 unspecified atom stereocenters. The smallest absolute Gasteiger partial charge is 0.179 e. The van der Waals surface area contributed by atoms with Crippen LogP contribution >= 0.6 is 0 Å².